The third kappa shape index (κ3) is 2.46. The Kier molecular flexibility index (Phi) is 3.65. The zero-order valence-electron chi connectivity index (χ0n) is 9.02. The molecule has 1 unspecified atom stereocenters. The van der Waals surface area contributed by atoms with E-state index in [4.69, 9.17) is 20.8 Å². The summed E-state index contributed by atoms with van der Waals surface area (Å²) in [7, 11) is 0. The summed E-state index contributed by atoms with van der Waals surface area (Å²) in [4.78, 5) is 0. The van der Waals surface area contributed by atoms with Crippen LogP contribution in [-0.4, -0.2) is 6.61 Å². The summed E-state index contributed by atoms with van der Waals surface area (Å²) in [5.74, 6) is 0.809. The minimum absolute atomic E-state index is 0.155. The average Bonchev–Trinajstić information content (AvgIpc) is 2.81. The molecule has 0 amide bonds. The molecule has 0 radical (unpaired) electrons. The van der Waals surface area contributed by atoms with Crippen molar-refractivity contribution in [2.45, 2.75) is 13.0 Å². The summed E-state index contributed by atoms with van der Waals surface area (Å²) < 4.78 is 11.1. The standard InChI is InChI=1S/C13H13ClO2/c1-2-15-13(12-4-3-9-16-12)10-5-7-11(14)8-6-10/h3-9,13H,2H2,1H3. The fourth-order valence-corrected chi connectivity index (χ4v) is 1.71. The molecule has 0 saturated heterocycles. The van der Waals surface area contributed by atoms with Crippen LogP contribution < -0.4 is 0 Å². The quantitative estimate of drug-likeness (QED) is 0.799. The summed E-state index contributed by atoms with van der Waals surface area (Å²) >= 11 is 5.85. The number of hydrogen-bond acceptors (Lipinski definition) is 2. The van der Waals surface area contributed by atoms with Crippen molar-refractivity contribution in [3.8, 4) is 0 Å². The molecule has 1 heterocycles. The number of halogens is 1. The van der Waals surface area contributed by atoms with Gasteiger partial charge in [0.05, 0.1) is 6.26 Å². The molecule has 1 atom stereocenters. The Balaban J connectivity index is 2.29. The van der Waals surface area contributed by atoms with Gasteiger partial charge in [-0.15, -0.1) is 0 Å². The van der Waals surface area contributed by atoms with E-state index >= 15 is 0 Å². The first kappa shape index (κ1) is 11.2. The first-order chi connectivity index (χ1) is 7.81. The van der Waals surface area contributed by atoms with Gasteiger partial charge in [-0.3, -0.25) is 0 Å². The lowest BCUT2D eigenvalue weighted by Crippen LogP contribution is -2.04. The van der Waals surface area contributed by atoms with E-state index < -0.39 is 0 Å². The van der Waals surface area contributed by atoms with Crippen molar-refractivity contribution in [2.24, 2.45) is 0 Å². The van der Waals surface area contributed by atoms with E-state index in [2.05, 4.69) is 0 Å². The highest BCUT2D eigenvalue weighted by molar-refractivity contribution is 6.30. The molecule has 2 rings (SSSR count). The molecule has 3 heteroatoms. The van der Waals surface area contributed by atoms with Crippen LogP contribution in [0.4, 0.5) is 0 Å². The Hall–Kier alpha value is -1.25. The van der Waals surface area contributed by atoms with Crippen molar-refractivity contribution in [1.29, 1.82) is 0 Å². The van der Waals surface area contributed by atoms with Gasteiger partial charge in [-0.2, -0.15) is 0 Å². The van der Waals surface area contributed by atoms with Gasteiger partial charge >= 0.3 is 0 Å². The van der Waals surface area contributed by atoms with Crippen molar-refractivity contribution < 1.29 is 9.15 Å². The zero-order valence-corrected chi connectivity index (χ0v) is 9.78. The fraction of sp³-hybridized carbons (Fsp3) is 0.231. The van der Waals surface area contributed by atoms with E-state index in [0.29, 0.717) is 6.61 Å². The van der Waals surface area contributed by atoms with Crippen LogP contribution in [0.1, 0.15) is 24.4 Å². The molecule has 2 nitrogen and oxygen atoms in total. The zero-order chi connectivity index (χ0) is 11.4. The molecule has 0 aliphatic rings. The van der Waals surface area contributed by atoms with Crippen LogP contribution in [0.5, 0.6) is 0 Å². The SMILES string of the molecule is CCOC(c1ccc(Cl)cc1)c1ccco1. The van der Waals surface area contributed by atoms with Gasteiger partial charge in [0.2, 0.25) is 0 Å². The molecule has 0 aliphatic heterocycles. The smallest absolute Gasteiger partial charge is 0.140 e. The number of hydrogen-bond donors (Lipinski definition) is 0. The highest BCUT2D eigenvalue weighted by Gasteiger charge is 2.16. The van der Waals surface area contributed by atoms with Crippen molar-refractivity contribution >= 4 is 11.6 Å². The highest BCUT2D eigenvalue weighted by atomic mass is 35.5. The predicted molar refractivity (Wildman–Crippen MR) is 63.6 cm³/mol. The van der Waals surface area contributed by atoms with Gasteiger partial charge in [0.1, 0.15) is 11.9 Å². The van der Waals surface area contributed by atoms with Crippen LogP contribution in [0.2, 0.25) is 5.02 Å². The summed E-state index contributed by atoms with van der Waals surface area (Å²) in [5, 5.41) is 0.721. The molecule has 0 aliphatic carbocycles. The lowest BCUT2D eigenvalue weighted by molar-refractivity contribution is 0.0753. The Morgan fingerprint density at radius 3 is 2.56 bits per heavy atom. The minimum atomic E-state index is -0.155. The summed E-state index contributed by atoms with van der Waals surface area (Å²) in [5.41, 5.74) is 1.04. The predicted octanol–water partition coefficient (Wildman–Crippen LogP) is 4.06. The highest BCUT2D eigenvalue weighted by Crippen LogP contribution is 2.27. The van der Waals surface area contributed by atoms with Crippen molar-refractivity contribution in [2.75, 3.05) is 6.61 Å². The maximum Gasteiger partial charge on any atom is 0.140 e. The molecule has 0 fully saturated rings. The van der Waals surface area contributed by atoms with Crippen molar-refractivity contribution in [1.82, 2.24) is 0 Å². The number of rotatable bonds is 4. The summed E-state index contributed by atoms with van der Waals surface area (Å²) in [6, 6.07) is 11.4. The van der Waals surface area contributed by atoms with E-state index in [1.165, 1.54) is 0 Å². The third-order valence-electron chi connectivity index (χ3n) is 2.31. The normalized spacial score (nSPS) is 12.6. The Bertz CT molecular complexity index is 420. The fourth-order valence-electron chi connectivity index (χ4n) is 1.59. The lowest BCUT2D eigenvalue weighted by atomic mass is 10.1. The van der Waals surface area contributed by atoms with E-state index in [9.17, 15) is 0 Å². The Morgan fingerprint density at radius 2 is 2.00 bits per heavy atom. The van der Waals surface area contributed by atoms with Crippen LogP contribution in [0.25, 0.3) is 0 Å². The molecule has 1 aromatic heterocycles. The van der Waals surface area contributed by atoms with Crippen molar-refractivity contribution in [3.05, 3.63) is 59.0 Å². The van der Waals surface area contributed by atoms with Gasteiger partial charge in [0.25, 0.3) is 0 Å². The Labute approximate surface area is 99.8 Å². The van der Waals surface area contributed by atoms with E-state index in [0.717, 1.165) is 16.3 Å². The third-order valence-corrected chi connectivity index (χ3v) is 2.56. The van der Waals surface area contributed by atoms with Crippen LogP contribution in [0.3, 0.4) is 0 Å². The molecular weight excluding hydrogens is 224 g/mol. The molecule has 0 bridgehead atoms. The largest absolute Gasteiger partial charge is 0.466 e. The molecule has 1 aromatic carbocycles. The molecule has 0 spiro atoms. The van der Waals surface area contributed by atoms with Crippen LogP contribution >= 0.6 is 11.6 Å². The van der Waals surface area contributed by atoms with Crippen LogP contribution in [-0.2, 0) is 4.74 Å². The summed E-state index contributed by atoms with van der Waals surface area (Å²) in [6.07, 6.45) is 1.49. The van der Waals surface area contributed by atoms with E-state index in [-0.39, 0.29) is 6.10 Å². The molecule has 2 aromatic rings. The van der Waals surface area contributed by atoms with E-state index in [1.54, 1.807) is 6.26 Å². The topological polar surface area (TPSA) is 22.4 Å². The second kappa shape index (κ2) is 5.19. The van der Waals surface area contributed by atoms with Gasteiger partial charge < -0.3 is 9.15 Å². The molecule has 16 heavy (non-hydrogen) atoms. The summed E-state index contributed by atoms with van der Waals surface area (Å²) in [6.45, 7) is 2.60. The number of ether oxygens (including phenoxy) is 1. The number of furan rings is 1. The van der Waals surface area contributed by atoms with Gasteiger partial charge in [-0.1, -0.05) is 23.7 Å². The minimum Gasteiger partial charge on any atom is -0.466 e. The first-order valence-corrected chi connectivity index (χ1v) is 5.59. The van der Waals surface area contributed by atoms with Gasteiger partial charge in [0, 0.05) is 11.6 Å². The van der Waals surface area contributed by atoms with Crippen LogP contribution in [0.15, 0.2) is 47.1 Å². The van der Waals surface area contributed by atoms with E-state index in [1.807, 2.05) is 43.3 Å². The second-order valence-corrected chi connectivity index (χ2v) is 3.84. The lowest BCUT2D eigenvalue weighted by Gasteiger charge is -2.14. The van der Waals surface area contributed by atoms with Gasteiger partial charge in [0.15, 0.2) is 0 Å². The maximum absolute atomic E-state index is 5.85. The molecule has 0 N–H and O–H groups in total. The van der Waals surface area contributed by atoms with Crippen LogP contribution in [0, 0.1) is 0 Å². The average molecular weight is 237 g/mol. The second-order valence-electron chi connectivity index (χ2n) is 3.40. The molecule has 0 saturated carbocycles. The first-order valence-electron chi connectivity index (χ1n) is 5.21. The van der Waals surface area contributed by atoms with Gasteiger partial charge in [-0.05, 0) is 36.8 Å². The molecule has 84 valence electrons. The Morgan fingerprint density at radius 1 is 1.25 bits per heavy atom. The van der Waals surface area contributed by atoms with Gasteiger partial charge in [-0.25, -0.2) is 0 Å². The maximum atomic E-state index is 5.85. The monoisotopic (exact) mass is 236 g/mol. The number of benzene rings is 1. The van der Waals surface area contributed by atoms with Crippen molar-refractivity contribution in [3.63, 3.8) is 0 Å². The molecular formula is C13H13ClO2.